The summed E-state index contributed by atoms with van der Waals surface area (Å²) in [6.07, 6.45) is 46.3. The molecule has 0 saturated heterocycles. The third-order valence-electron chi connectivity index (χ3n) is 8.74. The van der Waals surface area contributed by atoms with Gasteiger partial charge in [-0.2, -0.15) is 0 Å². The van der Waals surface area contributed by atoms with Gasteiger partial charge in [0.15, 0.2) is 0 Å². The van der Waals surface area contributed by atoms with E-state index in [0.29, 0.717) is 0 Å². The first-order valence-corrected chi connectivity index (χ1v) is 17.0. The van der Waals surface area contributed by atoms with Gasteiger partial charge >= 0.3 is 0 Å². The lowest BCUT2D eigenvalue weighted by Gasteiger charge is -2.23. The molecular weight excluding hydrogens is 460 g/mol. The lowest BCUT2D eigenvalue weighted by molar-refractivity contribution is -0.514. The molecule has 0 aromatic rings. The third-order valence-corrected chi connectivity index (χ3v) is 8.74. The Bertz CT molecular complexity index is 764. The molecule has 2 heteroatoms. The highest BCUT2D eigenvalue weighted by Crippen LogP contribution is 2.19. The van der Waals surface area contributed by atoms with Gasteiger partial charge in [0.1, 0.15) is 13.1 Å². The monoisotopic (exact) mass is 520 g/mol. The quantitative estimate of drug-likeness (QED) is 0.227. The average molecular weight is 521 g/mol. The molecule has 0 atom stereocenters. The molecule has 2 nitrogen and oxygen atoms in total. The van der Waals surface area contributed by atoms with Gasteiger partial charge in [-0.3, -0.25) is 4.58 Å². The average Bonchev–Trinajstić information content (AvgIpc) is 2.94. The molecule has 38 heavy (non-hydrogen) atoms. The highest BCUT2D eigenvalue weighted by atomic mass is 15.1. The van der Waals surface area contributed by atoms with Crippen LogP contribution in [0, 0.1) is 6.08 Å². The van der Waals surface area contributed by atoms with E-state index in [9.17, 15) is 0 Å². The van der Waals surface area contributed by atoms with Crippen molar-refractivity contribution in [2.24, 2.45) is 0 Å². The molecule has 0 saturated carbocycles. The Morgan fingerprint density at radius 2 is 1.13 bits per heavy atom. The Balaban J connectivity index is 1.31. The third kappa shape index (κ3) is 15.2. The van der Waals surface area contributed by atoms with Crippen LogP contribution in [0.5, 0.6) is 0 Å². The van der Waals surface area contributed by atoms with Gasteiger partial charge in [0, 0.05) is 25.7 Å². The first-order valence-electron chi connectivity index (χ1n) is 17.0. The van der Waals surface area contributed by atoms with E-state index in [1.54, 1.807) is 5.57 Å². The lowest BCUT2D eigenvalue weighted by atomic mass is 10.0. The summed E-state index contributed by atoms with van der Waals surface area (Å²) in [4.78, 5) is 2.56. The molecule has 3 aliphatic rings. The van der Waals surface area contributed by atoms with Gasteiger partial charge in [0.05, 0.1) is 0 Å². The number of fused-ring (bicyclic) bond motifs is 3. The topological polar surface area (TPSA) is 6.25 Å². The van der Waals surface area contributed by atoms with E-state index >= 15 is 0 Å². The van der Waals surface area contributed by atoms with Crippen LogP contribution in [0.2, 0.25) is 0 Å². The van der Waals surface area contributed by atoms with Gasteiger partial charge in [-0.25, -0.2) is 6.08 Å². The van der Waals surface area contributed by atoms with Gasteiger partial charge in [-0.15, -0.1) is 6.08 Å². The van der Waals surface area contributed by atoms with Crippen LogP contribution in [-0.4, -0.2) is 41.5 Å². The summed E-state index contributed by atoms with van der Waals surface area (Å²) in [5, 5.41) is 0. The molecule has 4 bridgehead atoms. The normalized spacial score (nSPS) is 23.8. The van der Waals surface area contributed by atoms with Crippen molar-refractivity contribution in [2.45, 2.75) is 154 Å². The number of hydrogen-bond acceptors (Lipinski definition) is 1. The second-order valence-electron chi connectivity index (χ2n) is 12.3. The van der Waals surface area contributed by atoms with Crippen LogP contribution in [0.3, 0.4) is 0 Å². The number of allylic oxidation sites excluding steroid dienone is 4. The van der Waals surface area contributed by atoms with E-state index in [4.69, 9.17) is 0 Å². The van der Waals surface area contributed by atoms with Crippen molar-refractivity contribution in [3.8, 4) is 0 Å². The van der Waals surface area contributed by atoms with Crippen molar-refractivity contribution in [1.29, 1.82) is 0 Å². The molecule has 0 amide bonds. The number of nitrogens with zero attached hydrogens (tertiary/aromatic N) is 2. The molecule has 3 aliphatic heterocycles. The lowest BCUT2D eigenvalue weighted by Crippen LogP contribution is -2.21. The molecule has 0 aromatic carbocycles. The number of rotatable bonds is 0. The molecule has 0 aliphatic carbocycles. The molecular formula is C36H60N2. The van der Waals surface area contributed by atoms with Crippen molar-refractivity contribution in [1.82, 2.24) is 4.90 Å². The molecule has 0 N–H and O–H groups in total. The predicted molar refractivity (Wildman–Crippen MR) is 166 cm³/mol. The predicted octanol–water partition coefficient (Wildman–Crippen LogP) is 10.1. The summed E-state index contributed by atoms with van der Waals surface area (Å²) in [6, 6.07) is 0. The van der Waals surface area contributed by atoms with Gasteiger partial charge in [-0.1, -0.05) is 139 Å². The Labute approximate surface area is 237 Å². The molecule has 0 fully saturated rings. The molecule has 3 rings (SSSR count). The van der Waals surface area contributed by atoms with Gasteiger partial charge in [0.25, 0.3) is 0 Å². The molecule has 3 heterocycles. The van der Waals surface area contributed by atoms with Crippen LogP contribution < -0.4 is 0 Å². The summed E-state index contributed by atoms with van der Waals surface area (Å²) in [5.74, 6) is 3.42. The maximum atomic E-state index is 3.48. The van der Waals surface area contributed by atoms with Gasteiger partial charge in [-0.05, 0) is 37.7 Å². The number of hydrogen-bond donors (Lipinski definition) is 0. The Morgan fingerprint density at radius 3 is 1.76 bits per heavy atom. The highest BCUT2D eigenvalue weighted by Gasteiger charge is 2.07. The largest absolute Gasteiger partial charge is 0.373 e. The minimum atomic E-state index is 1.07. The zero-order chi connectivity index (χ0) is 26.4. The Kier molecular flexibility index (Phi) is 17.4. The summed E-state index contributed by atoms with van der Waals surface area (Å²) < 4.78 is 2.41. The first-order chi connectivity index (χ1) is 18.9. The maximum Gasteiger partial charge on any atom is 0.138 e. The van der Waals surface area contributed by atoms with E-state index in [1.165, 1.54) is 173 Å². The molecule has 0 spiro atoms. The van der Waals surface area contributed by atoms with Crippen molar-refractivity contribution in [3.05, 3.63) is 41.7 Å². The van der Waals surface area contributed by atoms with Crippen LogP contribution in [0.15, 0.2) is 35.6 Å². The Morgan fingerprint density at radius 1 is 0.605 bits per heavy atom. The summed E-state index contributed by atoms with van der Waals surface area (Å²) in [6.45, 7) is 4.61. The fourth-order valence-electron chi connectivity index (χ4n) is 6.28. The minimum absolute atomic E-state index is 1.07. The second-order valence-corrected chi connectivity index (χ2v) is 12.3. The molecule has 0 aromatic heterocycles. The van der Waals surface area contributed by atoms with Gasteiger partial charge < -0.3 is 4.90 Å². The van der Waals surface area contributed by atoms with Crippen LogP contribution in [-0.2, 0) is 0 Å². The second kappa shape index (κ2) is 21.3. The Hall–Kier alpha value is -1.53. The van der Waals surface area contributed by atoms with E-state index < -0.39 is 0 Å². The highest BCUT2D eigenvalue weighted by molar-refractivity contribution is 5.49. The fourth-order valence-corrected chi connectivity index (χ4v) is 6.28. The first kappa shape index (κ1) is 31.0. The zero-order valence-electron chi connectivity index (χ0n) is 25.0. The van der Waals surface area contributed by atoms with E-state index in [1.807, 2.05) is 6.08 Å². The zero-order valence-corrected chi connectivity index (χ0v) is 25.0. The van der Waals surface area contributed by atoms with Gasteiger partial charge in [0.2, 0.25) is 0 Å². The van der Waals surface area contributed by atoms with E-state index in [-0.39, 0.29) is 0 Å². The summed E-state index contributed by atoms with van der Waals surface area (Å²) >= 11 is 0. The van der Waals surface area contributed by atoms with Crippen molar-refractivity contribution in [2.75, 3.05) is 26.2 Å². The maximum absolute atomic E-state index is 3.48. The fraction of sp³-hybridized carbons (Fsp3) is 0.778. The summed E-state index contributed by atoms with van der Waals surface area (Å²) in [5.41, 5.74) is 3.06. The van der Waals surface area contributed by atoms with Crippen LogP contribution >= 0.6 is 0 Å². The standard InChI is InChI=1S/C36H60N2/c1-3-7-11-15-19-25-35-27-23-32-38(33-35)30-22-18-14-10-6-2-4-8-12-16-20-26-36-28-24-31-37(34-36)29-21-17-13-9-5-1/h23-24,27,33H,1-22,25-26,29-30,32,34H2. The minimum Gasteiger partial charge on any atom is -0.373 e. The smallest absolute Gasteiger partial charge is 0.138 e. The van der Waals surface area contributed by atoms with Crippen molar-refractivity contribution in [3.63, 3.8) is 0 Å². The van der Waals surface area contributed by atoms with Crippen LogP contribution in [0.25, 0.3) is 0 Å². The molecule has 0 unspecified atom stereocenters. The van der Waals surface area contributed by atoms with Crippen LogP contribution in [0.1, 0.15) is 154 Å². The summed E-state index contributed by atoms with van der Waals surface area (Å²) in [7, 11) is 0. The molecule has 0 radical (unpaired) electrons. The van der Waals surface area contributed by atoms with Crippen LogP contribution in [0.4, 0.5) is 0 Å². The molecule has 214 valence electrons. The SMILES string of the molecule is C1=C[C-]=C2CCCCCCCCCCCCCN3C=C(C=CC3)CCCCCCCCCCCCC[N+]=1C2. The van der Waals surface area contributed by atoms with E-state index in [0.717, 1.165) is 13.1 Å². The van der Waals surface area contributed by atoms with Crippen molar-refractivity contribution < 1.29 is 4.58 Å². The van der Waals surface area contributed by atoms with Crippen molar-refractivity contribution >= 4 is 5.87 Å². The van der Waals surface area contributed by atoms with E-state index in [2.05, 4.69) is 39.8 Å².